The molecule has 5 heteroatoms. The van der Waals surface area contributed by atoms with E-state index in [0.717, 1.165) is 55.8 Å². The Morgan fingerprint density at radius 1 is 1.52 bits per heavy atom. The van der Waals surface area contributed by atoms with E-state index < -0.39 is 0 Å². The highest BCUT2D eigenvalue weighted by Gasteiger charge is 2.22. The molecule has 0 aliphatic heterocycles. The van der Waals surface area contributed by atoms with E-state index in [9.17, 15) is 0 Å². The van der Waals surface area contributed by atoms with Crippen LogP contribution in [0.3, 0.4) is 0 Å². The van der Waals surface area contributed by atoms with Crippen molar-refractivity contribution in [2.75, 3.05) is 0 Å². The molecule has 0 radical (unpaired) electrons. The zero-order valence-electron chi connectivity index (χ0n) is 12.4. The topological polar surface area (TPSA) is 53.9 Å². The molecule has 1 aliphatic rings. The third-order valence-corrected chi connectivity index (χ3v) is 4.43. The SMILES string of the molecule is CCCCc1nc(Cl)c(CNC2CCCc3occc32)[nH]1. The van der Waals surface area contributed by atoms with Gasteiger partial charge >= 0.3 is 0 Å². The van der Waals surface area contributed by atoms with E-state index in [1.165, 1.54) is 5.56 Å². The van der Waals surface area contributed by atoms with Crippen molar-refractivity contribution >= 4 is 11.6 Å². The zero-order valence-corrected chi connectivity index (χ0v) is 13.2. The van der Waals surface area contributed by atoms with Crippen LogP contribution in [0.1, 0.15) is 61.5 Å². The molecule has 2 heterocycles. The molecule has 1 atom stereocenters. The number of aryl methyl sites for hydroxylation is 2. The van der Waals surface area contributed by atoms with Gasteiger partial charge in [0.25, 0.3) is 0 Å². The molecule has 0 spiro atoms. The molecule has 1 aliphatic carbocycles. The van der Waals surface area contributed by atoms with Crippen LogP contribution in [0, 0.1) is 0 Å². The van der Waals surface area contributed by atoms with E-state index in [4.69, 9.17) is 16.0 Å². The van der Waals surface area contributed by atoms with E-state index in [2.05, 4.69) is 28.3 Å². The molecule has 2 aromatic heterocycles. The molecule has 4 nitrogen and oxygen atoms in total. The Kier molecular flexibility index (Phi) is 4.66. The van der Waals surface area contributed by atoms with Crippen molar-refractivity contribution in [3.8, 4) is 0 Å². The molecular weight excluding hydrogens is 286 g/mol. The van der Waals surface area contributed by atoms with Crippen molar-refractivity contribution in [1.29, 1.82) is 0 Å². The Labute approximate surface area is 130 Å². The number of aromatic nitrogens is 2. The molecule has 2 N–H and O–H groups in total. The minimum absolute atomic E-state index is 0.353. The first-order valence-electron chi connectivity index (χ1n) is 7.80. The van der Waals surface area contributed by atoms with Crippen LogP contribution in [-0.2, 0) is 19.4 Å². The molecule has 3 rings (SSSR count). The Morgan fingerprint density at radius 2 is 2.43 bits per heavy atom. The summed E-state index contributed by atoms with van der Waals surface area (Å²) in [7, 11) is 0. The van der Waals surface area contributed by atoms with E-state index >= 15 is 0 Å². The third-order valence-electron chi connectivity index (χ3n) is 4.12. The van der Waals surface area contributed by atoms with Gasteiger partial charge in [0.1, 0.15) is 11.6 Å². The van der Waals surface area contributed by atoms with Gasteiger partial charge < -0.3 is 14.7 Å². The summed E-state index contributed by atoms with van der Waals surface area (Å²) in [4.78, 5) is 7.74. The van der Waals surface area contributed by atoms with Crippen molar-refractivity contribution in [3.05, 3.63) is 40.3 Å². The monoisotopic (exact) mass is 307 g/mol. The quantitative estimate of drug-likeness (QED) is 0.842. The molecule has 21 heavy (non-hydrogen) atoms. The van der Waals surface area contributed by atoms with Gasteiger partial charge in [0, 0.05) is 31.0 Å². The zero-order chi connectivity index (χ0) is 14.7. The normalized spacial score (nSPS) is 17.9. The van der Waals surface area contributed by atoms with E-state index in [1.54, 1.807) is 6.26 Å². The number of hydrogen-bond acceptors (Lipinski definition) is 3. The largest absolute Gasteiger partial charge is 0.469 e. The fourth-order valence-electron chi connectivity index (χ4n) is 2.94. The Balaban J connectivity index is 1.62. The number of hydrogen-bond donors (Lipinski definition) is 2. The number of nitrogens with zero attached hydrogens (tertiary/aromatic N) is 1. The number of unbranched alkanes of at least 4 members (excludes halogenated alkanes) is 1. The molecule has 1 unspecified atom stereocenters. The fourth-order valence-corrected chi connectivity index (χ4v) is 3.16. The van der Waals surface area contributed by atoms with E-state index in [-0.39, 0.29) is 0 Å². The Morgan fingerprint density at radius 3 is 3.29 bits per heavy atom. The molecule has 0 aromatic carbocycles. The predicted octanol–water partition coefficient (Wildman–Crippen LogP) is 4.17. The highest BCUT2D eigenvalue weighted by molar-refractivity contribution is 6.30. The molecule has 114 valence electrons. The second-order valence-corrected chi connectivity index (χ2v) is 6.04. The minimum atomic E-state index is 0.353. The molecule has 0 bridgehead atoms. The third kappa shape index (κ3) is 3.33. The lowest BCUT2D eigenvalue weighted by Gasteiger charge is -2.22. The predicted molar refractivity (Wildman–Crippen MR) is 83.4 cm³/mol. The summed E-state index contributed by atoms with van der Waals surface area (Å²) in [5.74, 6) is 2.12. The maximum atomic E-state index is 6.22. The standard InChI is InChI=1S/C16H22ClN3O/c1-2-3-7-15-19-13(16(17)20-15)10-18-12-5-4-6-14-11(12)8-9-21-14/h8-9,12,18H,2-7,10H2,1H3,(H,19,20). The molecule has 0 fully saturated rings. The Hall–Kier alpha value is -1.26. The van der Waals surface area contributed by atoms with Crippen LogP contribution in [-0.4, -0.2) is 9.97 Å². The summed E-state index contributed by atoms with van der Waals surface area (Å²) in [6.07, 6.45) is 8.40. The van der Waals surface area contributed by atoms with E-state index in [0.29, 0.717) is 17.7 Å². The number of H-pyrrole nitrogens is 1. The van der Waals surface area contributed by atoms with Gasteiger partial charge in [-0.15, -0.1) is 0 Å². The summed E-state index contributed by atoms with van der Waals surface area (Å²) >= 11 is 6.22. The van der Waals surface area contributed by atoms with Crippen molar-refractivity contribution in [2.24, 2.45) is 0 Å². The first-order chi connectivity index (χ1) is 10.3. The van der Waals surface area contributed by atoms with Gasteiger partial charge in [0.05, 0.1) is 12.0 Å². The average molecular weight is 308 g/mol. The highest BCUT2D eigenvalue weighted by atomic mass is 35.5. The number of fused-ring (bicyclic) bond motifs is 1. The van der Waals surface area contributed by atoms with E-state index in [1.807, 2.05) is 0 Å². The van der Waals surface area contributed by atoms with Crippen molar-refractivity contribution in [1.82, 2.24) is 15.3 Å². The van der Waals surface area contributed by atoms with Gasteiger partial charge in [0.15, 0.2) is 5.15 Å². The first-order valence-corrected chi connectivity index (χ1v) is 8.18. The average Bonchev–Trinajstić information content (AvgIpc) is 3.09. The van der Waals surface area contributed by atoms with Crippen molar-refractivity contribution in [3.63, 3.8) is 0 Å². The number of furan rings is 1. The fraction of sp³-hybridized carbons (Fsp3) is 0.562. The first kappa shape index (κ1) is 14.7. The number of aromatic amines is 1. The maximum Gasteiger partial charge on any atom is 0.151 e. The lowest BCUT2D eigenvalue weighted by atomic mass is 9.93. The summed E-state index contributed by atoms with van der Waals surface area (Å²) in [5, 5.41) is 4.17. The minimum Gasteiger partial charge on any atom is -0.469 e. The summed E-state index contributed by atoms with van der Waals surface area (Å²) < 4.78 is 5.52. The number of rotatable bonds is 6. The van der Waals surface area contributed by atoms with Crippen LogP contribution in [0.5, 0.6) is 0 Å². The molecule has 2 aromatic rings. The second kappa shape index (κ2) is 6.67. The van der Waals surface area contributed by atoms with Gasteiger partial charge in [-0.25, -0.2) is 4.98 Å². The lowest BCUT2D eigenvalue weighted by molar-refractivity contribution is 0.409. The number of nitrogens with one attached hydrogen (secondary N) is 2. The van der Waals surface area contributed by atoms with Gasteiger partial charge in [-0.3, -0.25) is 0 Å². The van der Waals surface area contributed by atoms with Gasteiger partial charge in [-0.1, -0.05) is 24.9 Å². The van der Waals surface area contributed by atoms with Crippen LogP contribution in [0.15, 0.2) is 16.7 Å². The molecule has 0 saturated heterocycles. The number of halogens is 1. The van der Waals surface area contributed by atoms with Crippen LogP contribution in [0.4, 0.5) is 0 Å². The van der Waals surface area contributed by atoms with Gasteiger partial charge in [-0.05, 0) is 25.3 Å². The summed E-state index contributed by atoms with van der Waals surface area (Å²) in [6, 6.07) is 2.43. The second-order valence-electron chi connectivity index (χ2n) is 5.68. The maximum absolute atomic E-state index is 6.22. The lowest BCUT2D eigenvalue weighted by Crippen LogP contribution is -2.24. The van der Waals surface area contributed by atoms with Gasteiger partial charge in [-0.2, -0.15) is 0 Å². The summed E-state index contributed by atoms with van der Waals surface area (Å²) in [5.41, 5.74) is 2.28. The molecule has 0 saturated carbocycles. The molecule has 0 amide bonds. The van der Waals surface area contributed by atoms with Crippen molar-refractivity contribution in [2.45, 2.75) is 58.0 Å². The molecular formula is C16H22ClN3O. The smallest absolute Gasteiger partial charge is 0.151 e. The van der Waals surface area contributed by atoms with Crippen LogP contribution >= 0.6 is 11.6 Å². The summed E-state index contributed by atoms with van der Waals surface area (Å²) in [6.45, 7) is 2.89. The van der Waals surface area contributed by atoms with Crippen molar-refractivity contribution < 1.29 is 4.42 Å². The number of imidazole rings is 1. The highest BCUT2D eigenvalue weighted by Crippen LogP contribution is 2.30. The van der Waals surface area contributed by atoms with Gasteiger partial charge in [0.2, 0.25) is 0 Å². The van der Waals surface area contributed by atoms with Crippen LogP contribution in [0.2, 0.25) is 5.15 Å². The van der Waals surface area contributed by atoms with Crippen LogP contribution in [0.25, 0.3) is 0 Å². The van der Waals surface area contributed by atoms with Crippen LogP contribution < -0.4 is 5.32 Å². The Bertz CT molecular complexity index is 590.